The molecule has 1 amide bonds. The Labute approximate surface area is 140 Å². The molecule has 0 atom stereocenters. The lowest BCUT2D eigenvalue weighted by Crippen LogP contribution is -2.30. The number of hydrogen-bond acceptors (Lipinski definition) is 2. The average Bonchev–Trinajstić information content (AvgIpc) is 2.44. The predicted octanol–water partition coefficient (Wildman–Crippen LogP) is 4.14. The van der Waals surface area contributed by atoms with E-state index in [1.807, 2.05) is 56.1 Å². The summed E-state index contributed by atoms with van der Waals surface area (Å²) < 4.78 is 1.07. The molecule has 0 aliphatic carbocycles. The van der Waals surface area contributed by atoms with Gasteiger partial charge >= 0.3 is 0 Å². The van der Waals surface area contributed by atoms with Crippen molar-refractivity contribution in [3.63, 3.8) is 0 Å². The van der Waals surface area contributed by atoms with Crippen molar-refractivity contribution in [2.45, 2.75) is 20.4 Å². The molecule has 2 aromatic rings. The van der Waals surface area contributed by atoms with Gasteiger partial charge in [-0.05, 0) is 44.2 Å². The highest BCUT2D eigenvalue weighted by Crippen LogP contribution is 2.18. The minimum atomic E-state index is 0.00140. The van der Waals surface area contributed by atoms with Gasteiger partial charge in [0.15, 0.2) is 0 Å². The summed E-state index contributed by atoms with van der Waals surface area (Å²) in [6, 6.07) is 14.1. The predicted molar refractivity (Wildman–Crippen MR) is 95.0 cm³/mol. The summed E-state index contributed by atoms with van der Waals surface area (Å²) in [4.78, 5) is 14.2. The molecular formula is C18H21BrN2O. The number of benzene rings is 2. The molecule has 0 aliphatic rings. The molecular weight excluding hydrogens is 340 g/mol. The molecule has 0 spiro atoms. The van der Waals surface area contributed by atoms with E-state index < -0.39 is 0 Å². The zero-order valence-corrected chi connectivity index (χ0v) is 14.8. The van der Waals surface area contributed by atoms with Crippen LogP contribution in [0.1, 0.15) is 16.7 Å². The summed E-state index contributed by atoms with van der Waals surface area (Å²) in [6.07, 6.45) is 0. The lowest BCUT2D eigenvalue weighted by atomic mass is 10.1. The highest BCUT2D eigenvalue weighted by atomic mass is 79.9. The number of hydrogen-bond donors (Lipinski definition) is 1. The Morgan fingerprint density at radius 3 is 2.59 bits per heavy atom. The van der Waals surface area contributed by atoms with E-state index in [0.717, 1.165) is 22.3 Å². The van der Waals surface area contributed by atoms with E-state index in [9.17, 15) is 4.79 Å². The van der Waals surface area contributed by atoms with Crippen molar-refractivity contribution in [2.75, 3.05) is 18.9 Å². The third kappa shape index (κ3) is 4.68. The van der Waals surface area contributed by atoms with Crippen LogP contribution in [0.4, 0.5) is 5.69 Å². The number of likely N-dealkylation sites (N-methyl/N-ethyl adjacent to an activating group) is 1. The van der Waals surface area contributed by atoms with Crippen molar-refractivity contribution in [3.05, 3.63) is 63.6 Å². The van der Waals surface area contributed by atoms with Crippen molar-refractivity contribution < 1.29 is 4.79 Å². The zero-order chi connectivity index (χ0) is 16.1. The van der Waals surface area contributed by atoms with Crippen LogP contribution >= 0.6 is 15.9 Å². The summed E-state index contributed by atoms with van der Waals surface area (Å²) in [7, 11) is 1.95. The van der Waals surface area contributed by atoms with Crippen LogP contribution in [0, 0.1) is 13.8 Å². The van der Waals surface area contributed by atoms with Crippen LogP contribution in [0.15, 0.2) is 46.9 Å². The van der Waals surface area contributed by atoms with Crippen LogP contribution < -0.4 is 5.32 Å². The quantitative estimate of drug-likeness (QED) is 0.868. The normalized spacial score (nSPS) is 10.8. The van der Waals surface area contributed by atoms with Gasteiger partial charge in [0.1, 0.15) is 0 Å². The summed E-state index contributed by atoms with van der Waals surface area (Å²) in [6.45, 7) is 5.13. The molecule has 1 N–H and O–H groups in total. The van der Waals surface area contributed by atoms with Gasteiger partial charge in [-0.15, -0.1) is 0 Å². The number of aryl methyl sites for hydroxylation is 2. The first kappa shape index (κ1) is 16.7. The van der Waals surface area contributed by atoms with E-state index in [-0.39, 0.29) is 5.91 Å². The Bertz CT molecular complexity index is 670. The standard InChI is InChI=1S/C18H21BrN2O/c1-13-8-9-17(14(2)10-13)20-18(22)12-21(3)11-15-6-4-5-7-16(15)19/h4-10H,11-12H2,1-3H3,(H,20,22). The molecule has 2 aromatic carbocycles. The third-order valence-electron chi connectivity index (χ3n) is 3.47. The minimum Gasteiger partial charge on any atom is -0.325 e. The molecule has 2 rings (SSSR count). The fraction of sp³-hybridized carbons (Fsp3) is 0.278. The first-order valence-electron chi connectivity index (χ1n) is 7.25. The largest absolute Gasteiger partial charge is 0.325 e. The van der Waals surface area contributed by atoms with Crippen LogP contribution in [0.25, 0.3) is 0 Å². The number of anilines is 1. The summed E-state index contributed by atoms with van der Waals surface area (Å²) in [5.74, 6) is 0.00140. The lowest BCUT2D eigenvalue weighted by Gasteiger charge is -2.18. The number of nitrogens with one attached hydrogen (secondary N) is 1. The van der Waals surface area contributed by atoms with E-state index in [2.05, 4.69) is 33.4 Å². The van der Waals surface area contributed by atoms with Crippen molar-refractivity contribution in [1.29, 1.82) is 0 Å². The van der Waals surface area contributed by atoms with E-state index in [4.69, 9.17) is 0 Å². The average molecular weight is 361 g/mol. The smallest absolute Gasteiger partial charge is 0.238 e. The summed E-state index contributed by atoms with van der Waals surface area (Å²) in [5.41, 5.74) is 4.33. The zero-order valence-electron chi connectivity index (χ0n) is 13.2. The molecule has 0 unspecified atom stereocenters. The number of carbonyl (C=O) groups excluding carboxylic acids is 1. The van der Waals surface area contributed by atoms with Gasteiger partial charge in [0.25, 0.3) is 0 Å². The van der Waals surface area contributed by atoms with Crippen molar-refractivity contribution >= 4 is 27.5 Å². The molecule has 116 valence electrons. The van der Waals surface area contributed by atoms with Crippen LogP contribution in [0.5, 0.6) is 0 Å². The van der Waals surface area contributed by atoms with Gasteiger partial charge in [-0.1, -0.05) is 51.8 Å². The van der Waals surface area contributed by atoms with Gasteiger partial charge in [-0.2, -0.15) is 0 Å². The van der Waals surface area contributed by atoms with Crippen LogP contribution in [0.2, 0.25) is 0 Å². The number of rotatable bonds is 5. The van der Waals surface area contributed by atoms with Crippen LogP contribution in [-0.2, 0) is 11.3 Å². The van der Waals surface area contributed by atoms with Crippen molar-refractivity contribution in [2.24, 2.45) is 0 Å². The second kappa shape index (κ2) is 7.56. The maximum Gasteiger partial charge on any atom is 0.238 e. The minimum absolute atomic E-state index is 0.00140. The number of nitrogens with zero attached hydrogens (tertiary/aromatic N) is 1. The SMILES string of the molecule is Cc1ccc(NC(=O)CN(C)Cc2ccccc2Br)c(C)c1. The van der Waals surface area contributed by atoms with E-state index in [1.165, 1.54) is 11.1 Å². The van der Waals surface area contributed by atoms with Gasteiger partial charge < -0.3 is 5.32 Å². The fourth-order valence-electron chi connectivity index (χ4n) is 2.36. The monoisotopic (exact) mass is 360 g/mol. The molecule has 4 heteroatoms. The molecule has 0 aromatic heterocycles. The van der Waals surface area contributed by atoms with Gasteiger partial charge in [0.2, 0.25) is 5.91 Å². The Kier molecular flexibility index (Phi) is 5.75. The molecule has 3 nitrogen and oxygen atoms in total. The van der Waals surface area contributed by atoms with E-state index in [0.29, 0.717) is 6.54 Å². The Morgan fingerprint density at radius 1 is 1.18 bits per heavy atom. The van der Waals surface area contributed by atoms with Crippen LogP contribution in [0.3, 0.4) is 0 Å². The highest BCUT2D eigenvalue weighted by molar-refractivity contribution is 9.10. The van der Waals surface area contributed by atoms with Gasteiger partial charge in [-0.25, -0.2) is 0 Å². The van der Waals surface area contributed by atoms with Gasteiger partial charge in [-0.3, -0.25) is 9.69 Å². The topological polar surface area (TPSA) is 32.3 Å². The molecule has 0 radical (unpaired) electrons. The number of amides is 1. The Hall–Kier alpha value is -1.65. The second-order valence-electron chi connectivity index (χ2n) is 5.63. The van der Waals surface area contributed by atoms with E-state index >= 15 is 0 Å². The summed E-state index contributed by atoms with van der Waals surface area (Å²) >= 11 is 3.53. The molecule has 0 heterocycles. The molecule has 22 heavy (non-hydrogen) atoms. The van der Waals surface area contributed by atoms with Crippen molar-refractivity contribution in [3.8, 4) is 0 Å². The highest BCUT2D eigenvalue weighted by Gasteiger charge is 2.10. The molecule has 0 saturated heterocycles. The molecule has 0 bridgehead atoms. The third-order valence-corrected chi connectivity index (χ3v) is 4.24. The van der Waals surface area contributed by atoms with Crippen LogP contribution in [-0.4, -0.2) is 24.4 Å². The molecule has 0 fully saturated rings. The fourth-order valence-corrected chi connectivity index (χ4v) is 2.77. The molecule has 0 saturated carbocycles. The number of carbonyl (C=O) groups is 1. The van der Waals surface area contributed by atoms with Crippen molar-refractivity contribution in [1.82, 2.24) is 4.90 Å². The lowest BCUT2D eigenvalue weighted by molar-refractivity contribution is -0.117. The van der Waals surface area contributed by atoms with Gasteiger partial charge in [0.05, 0.1) is 6.54 Å². The van der Waals surface area contributed by atoms with Gasteiger partial charge in [0, 0.05) is 16.7 Å². The Balaban J connectivity index is 1.93. The number of halogens is 1. The van der Waals surface area contributed by atoms with E-state index in [1.54, 1.807) is 0 Å². The first-order chi connectivity index (χ1) is 10.5. The Morgan fingerprint density at radius 2 is 1.91 bits per heavy atom. The first-order valence-corrected chi connectivity index (χ1v) is 8.04. The molecule has 0 aliphatic heterocycles. The summed E-state index contributed by atoms with van der Waals surface area (Å²) in [5, 5.41) is 2.98. The maximum absolute atomic E-state index is 12.2. The second-order valence-corrected chi connectivity index (χ2v) is 6.48. The maximum atomic E-state index is 12.2.